The number of carbonyl (C=O) groups is 2. The van der Waals surface area contributed by atoms with Crippen LogP contribution < -0.4 is 5.32 Å². The van der Waals surface area contributed by atoms with Crippen molar-refractivity contribution in [1.82, 2.24) is 0 Å². The molecule has 0 heterocycles. The number of benzene rings is 1. The summed E-state index contributed by atoms with van der Waals surface area (Å²) < 4.78 is 18.6. The first-order valence-electron chi connectivity index (χ1n) is 6.59. The van der Waals surface area contributed by atoms with Gasteiger partial charge in [-0.2, -0.15) is 0 Å². The molecule has 1 amide bonds. The molecule has 116 valence electrons. The first kappa shape index (κ1) is 17.4. The molecule has 0 fully saturated rings. The fourth-order valence-electron chi connectivity index (χ4n) is 1.88. The van der Waals surface area contributed by atoms with Crippen molar-refractivity contribution in [1.29, 1.82) is 0 Å². The molecule has 1 atom stereocenters. The summed E-state index contributed by atoms with van der Waals surface area (Å²) in [5.74, 6) is -2.92. The number of hydrogen-bond donors (Lipinski definition) is 1. The SMILES string of the molecule is CCOC(=O)C(C(=O)Nc1cc(Cl)ccc1F)C(C)(C)C. The lowest BCUT2D eigenvalue weighted by molar-refractivity contribution is -0.155. The van der Waals surface area contributed by atoms with E-state index >= 15 is 0 Å². The maximum Gasteiger partial charge on any atom is 0.319 e. The summed E-state index contributed by atoms with van der Waals surface area (Å²) in [5.41, 5.74) is -0.725. The number of amides is 1. The van der Waals surface area contributed by atoms with Crippen LogP contribution in [0.2, 0.25) is 5.02 Å². The third-order valence-corrected chi connectivity index (χ3v) is 3.07. The third kappa shape index (κ3) is 4.70. The van der Waals surface area contributed by atoms with Crippen LogP contribution in [0.15, 0.2) is 18.2 Å². The smallest absolute Gasteiger partial charge is 0.319 e. The van der Waals surface area contributed by atoms with E-state index in [0.29, 0.717) is 0 Å². The molecule has 0 aliphatic carbocycles. The summed E-state index contributed by atoms with van der Waals surface area (Å²) in [5, 5.41) is 2.68. The van der Waals surface area contributed by atoms with Gasteiger partial charge >= 0.3 is 5.97 Å². The van der Waals surface area contributed by atoms with E-state index in [-0.39, 0.29) is 17.3 Å². The van der Waals surface area contributed by atoms with Gasteiger partial charge in [-0.05, 0) is 30.5 Å². The number of hydrogen-bond acceptors (Lipinski definition) is 3. The molecule has 1 rings (SSSR count). The van der Waals surface area contributed by atoms with Crippen molar-refractivity contribution in [3.05, 3.63) is 29.0 Å². The van der Waals surface area contributed by atoms with Gasteiger partial charge < -0.3 is 10.1 Å². The van der Waals surface area contributed by atoms with E-state index < -0.39 is 29.0 Å². The molecule has 1 unspecified atom stereocenters. The second-order valence-corrected chi connectivity index (χ2v) is 6.10. The largest absolute Gasteiger partial charge is 0.465 e. The fourth-order valence-corrected chi connectivity index (χ4v) is 2.05. The van der Waals surface area contributed by atoms with Crippen molar-refractivity contribution < 1.29 is 18.7 Å². The molecule has 1 aromatic rings. The minimum Gasteiger partial charge on any atom is -0.465 e. The van der Waals surface area contributed by atoms with Gasteiger partial charge in [0.05, 0.1) is 12.3 Å². The number of nitrogens with one attached hydrogen (secondary N) is 1. The Balaban J connectivity index is 3.01. The predicted molar refractivity (Wildman–Crippen MR) is 79.6 cm³/mol. The topological polar surface area (TPSA) is 55.4 Å². The summed E-state index contributed by atoms with van der Waals surface area (Å²) in [6, 6.07) is 3.81. The van der Waals surface area contributed by atoms with Gasteiger partial charge in [0.25, 0.3) is 0 Å². The number of ether oxygens (including phenoxy) is 1. The molecule has 0 aromatic heterocycles. The van der Waals surface area contributed by atoms with Crippen LogP contribution >= 0.6 is 11.6 Å². The summed E-state index contributed by atoms with van der Waals surface area (Å²) in [7, 11) is 0. The van der Waals surface area contributed by atoms with Crippen molar-refractivity contribution in [3.63, 3.8) is 0 Å². The van der Waals surface area contributed by atoms with E-state index in [1.54, 1.807) is 27.7 Å². The molecule has 0 aliphatic heterocycles. The van der Waals surface area contributed by atoms with Gasteiger partial charge in [0.15, 0.2) is 0 Å². The maximum atomic E-state index is 13.6. The van der Waals surface area contributed by atoms with Crippen LogP contribution in [0.1, 0.15) is 27.7 Å². The van der Waals surface area contributed by atoms with E-state index in [2.05, 4.69) is 5.32 Å². The highest BCUT2D eigenvalue weighted by Crippen LogP contribution is 2.29. The van der Waals surface area contributed by atoms with Gasteiger partial charge in [0.2, 0.25) is 5.91 Å². The standard InChI is InChI=1S/C15H19ClFNO3/c1-5-21-14(20)12(15(2,3)4)13(19)18-11-8-9(16)6-7-10(11)17/h6-8,12H,5H2,1-4H3,(H,18,19). The molecule has 0 spiro atoms. The third-order valence-electron chi connectivity index (χ3n) is 2.84. The highest BCUT2D eigenvalue weighted by Gasteiger charge is 2.39. The highest BCUT2D eigenvalue weighted by atomic mass is 35.5. The van der Waals surface area contributed by atoms with Crippen molar-refractivity contribution >= 4 is 29.2 Å². The molecule has 4 nitrogen and oxygen atoms in total. The molecular weight excluding hydrogens is 297 g/mol. The van der Waals surface area contributed by atoms with E-state index in [1.807, 2.05) is 0 Å². The summed E-state index contributed by atoms with van der Waals surface area (Å²) >= 11 is 5.77. The Morgan fingerprint density at radius 1 is 1.38 bits per heavy atom. The zero-order chi connectivity index (χ0) is 16.2. The summed E-state index contributed by atoms with van der Waals surface area (Å²) in [6.07, 6.45) is 0. The second kappa shape index (κ2) is 6.89. The Bertz CT molecular complexity index is 540. The van der Waals surface area contributed by atoms with Crippen LogP contribution in [0.3, 0.4) is 0 Å². The fraction of sp³-hybridized carbons (Fsp3) is 0.467. The van der Waals surface area contributed by atoms with Gasteiger partial charge in [-0.3, -0.25) is 9.59 Å². The molecule has 1 N–H and O–H groups in total. The Morgan fingerprint density at radius 3 is 2.52 bits per heavy atom. The minimum absolute atomic E-state index is 0.0638. The molecule has 21 heavy (non-hydrogen) atoms. The summed E-state index contributed by atoms with van der Waals surface area (Å²) in [6.45, 7) is 7.05. The monoisotopic (exact) mass is 315 g/mol. The lowest BCUT2D eigenvalue weighted by atomic mass is 9.80. The predicted octanol–water partition coefficient (Wildman–Crippen LogP) is 3.64. The molecule has 0 radical (unpaired) electrons. The Kier molecular flexibility index (Phi) is 5.72. The molecule has 0 saturated carbocycles. The Hall–Kier alpha value is -1.62. The first-order chi connectivity index (χ1) is 9.66. The van der Waals surface area contributed by atoms with Gasteiger partial charge in [-0.25, -0.2) is 4.39 Å². The quantitative estimate of drug-likeness (QED) is 0.681. The van der Waals surface area contributed by atoms with Crippen molar-refractivity contribution in [2.45, 2.75) is 27.7 Å². The van der Waals surface area contributed by atoms with Gasteiger partial charge in [-0.1, -0.05) is 32.4 Å². The van der Waals surface area contributed by atoms with Crippen LogP contribution in [-0.4, -0.2) is 18.5 Å². The summed E-state index contributed by atoms with van der Waals surface area (Å²) in [4.78, 5) is 24.3. The van der Waals surface area contributed by atoms with Crippen molar-refractivity contribution in [3.8, 4) is 0 Å². The van der Waals surface area contributed by atoms with Crippen LogP contribution in [0, 0.1) is 17.2 Å². The number of esters is 1. The van der Waals surface area contributed by atoms with E-state index in [9.17, 15) is 14.0 Å². The van der Waals surface area contributed by atoms with Gasteiger partial charge in [0, 0.05) is 5.02 Å². The number of carbonyl (C=O) groups excluding carboxylic acids is 2. The zero-order valence-electron chi connectivity index (χ0n) is 12.5. The Morgan fingerprint density at radius 2 is 2.00 bits per heavy atom. The average molecular weight is 316 g/mol. The van der Waals surface area contributed by atoms with Crippen molar-refractivity contribution in [2.24, 2.45) is 11.3 Å². The lowest BCUT2D eigenvalue weighted by Gasteiger charge is -2.27. The van der Waals surface area contributed by atoms with Crippen LogP contribution in [0.5, 0.6) is 0 Å². The van der Waals surface area contributed by atoms with E-state index in [4.69, 9.17) is 16.3 Å². The van der Waals surface area contributed by atoms with Gasteiger partial charge in [0.1, 0.15) is 11.7 Å². The lowest BCUT2D eigenvalue weighted by Crippen LogP contribution is -2.40. The average Bonchev–Trinajstić information content (AvgIpc) is 2.32. The van der Waals surface area contributed by atoms with Crippen molar-refractivity contribution in [2.75, 3.05) is 11.9 Å². The normalized spacial score (nSPS) is 12.7. The van der Waals surface area contributed by atoms with Crippen LogP contribution in [-0.2, 0) is 14.3 Å². The molecule has 0 bridgehead atoms. The maximum absolute atomic E-state index is 13.6. The van der Waals surface area contributed by atoms with Gasteiger partial charge in [-0.15, -0.1) is 0 Å². The zero-order valence-corrected chi connectivity index (χ0v) is 13.3. The molecular formula is C15H19ClFNO3. The molecule has 0 aliphatic rings. The molecule has 6 heteroatoms. The Labute approximate surface area is 128 Å². The second-order valence-electron chi connectivity index (χ2n) is 5.66. The number of halogens is 2. The molecule has 1 aromatic carbocycles. The number of anilines is 1. The van der Waals surface area contributed by atoms with E-state index in [1.165, 1.54) is 12.1 Å². The van der Waals surface area contributed by atoms with Crippen LogP contribution in [0.4, 0.5) is 10.1 Å². The first-order valence-corrected chi connectivity index (χ1v) is 6.97. The van der Waals surface area contributed by atoms with E-state index in [0.717, 1.165) is 6.07 Å². The van der Waals surface area contributed by atoms with Crippen LogP contribution in [0.25, 0.3) is 0 Å². The highest BCUT2D eigenvalue weighted by molar-refractivity contribution is 6.31. The number of rotatable bonds is 4. The molecule has 0 saturated heterocycles. The minimum atomic E-state index is -1.05.